The molecule has 0 saturated heterocycles. The van der Waals surface area contributed by atoms with Crippen LogP contribution in [-0.4, -0.2) is 17.3 Å². The molecule has 0 aliphatic heterocycles. The van der Waals surface area contributed by atoms with Crippen molar-refractivity contribution in [1.29, 1.82) is 0 Å². The van der Waals surface area contributed by atoms with Crippen molar-refractivity contribution in [1.82, 2.24) is 0 Å². The summed E-state index contributed by atoms with van der Waals surface area (Å²) in [7, 11) is 0. The van der Waals surface area contributed by atoms with Gasteiger partial charge in [-0.15, -0.1) is 0 Å². The maximum atomic E-state index is 12.8. The Balaban J connectivity index is 3.35. The molecule has 3 N–H and O–H groups in total. The molecule has 0 amide bonds. The lowest BCUT2D eigenvalue weighted by Crippen LogP contribution is -2.36. The summed E-state index contributed by atoms with van der Waals surface area (Å²) in [4.78, 5) is 10.8. The molecule has 1 aromatic rings. The van der Waals surface area contributed by atoms with Crippen molar-refractivity contribution in [2.24, 2.45) is 0 Å². The van der Waals surface area contributed by atoms with Gasteiger partial charge in [-0.3, -0.25) is 0 Å². The lowest BCUT2D eigenvalue weighted by Gasteiger charge is -2.28. The average molecular weight is 247 g/mol. The van der Waals surface area contributed by atoms with Gasteiger partial charge in [0.2, 0.25) is 0 Å². The van der Waals surface area contributed by atoms with Crippen LogP contribution < -0.4 is 5.73 Å². The third kappa shape index (κ3) is 2.35. The number of hydrogen-bond acceptors (Lipinski definition) is 2. The maximum absolute atomic E-state index is 12.8. The van der Waals surface area contributed by atoms with Crippen LogP contribution in [0.2, 0.25) is 0 Å². The summed E-state index contributed by atoms with van der Waals surface area (Å²) in [5, 5.41) is 8.80. The number of alkyl halides is 3. The Morgan fingerprint density at radius 2 is 1.82 bits per heavy atom. The standard InChI is InChI=1S/C11H12F3NO2/c1-10(2,11(12,13)14)6-3-4-8(15)7(5-6)9(16)17/h3-5H,15H2,1-2H3,(H,16,17). The minimum atomic E-state index is -4.46. The van der Waals surface area contributed by atoms with E-state index >= 15 is 0 Å². The largest absolute Gasteiger partial charge is 0.478 e. The van der Waals surface area contributed by atoms with E-state index in [0.29, 0.717) is 0 Å². The van der Waals surface area contributed by atoms with Crippen LogP contribution in [0.5, 0.6) is 0 Å². The van der Waals surface area contributed by atoms with Gasteiger partial charge >= 0.3 is 12.1 Å². The van der Waals surface area contributed by atoms with Crippen molar-refractivity contribution >= 4 is 11.7 Å². The van der Waals surface area contributed by atoms with E-state index in [1.165, 1.54) is 12.1 Å². The fourth-order valence-corrected chi connectivity index (χ4v) is 1.29. The molecule has 0 spiro atoms. The first-order chi connectivity index (χ1) is 7.57. The van der Waals surface area contributed by atoms with Crippen LogP contribution in [0.25, 0.3) is 0 Å². The van der Waals surface area contributed by atoms with E-state index in [1.54, 1.807) is 0 Å². The molecular formula is C11H12F3NO2. The molecule has 0 bridgehead atoms. The second kappa shape index (κ2) is 3.94. The summed E-state index contributed by atoms with van der Waals surface area (Å²) in [5.41, 5.74) is 2.76. The summed E-state index contributed by atoms with van der Waals surface area (Å²) in [5.74, 6) is -1.35. The Bertz CT molecular complexity index is 453. The number of benzene rings is 1. The molecule has 0 aromatic heterocycles. The predicted octanol–water partition coefficient (Wildman–Crippen LogP) is 2.81. The molecule has 0 atom stereocenters. The number of aromatic carboxylic acids is 1. The van der Waals surface area contributed by atoms with Gasteiger partial charge in [-0.05, 0) is 31.5 Å². The Kier molecular flexibility index (Phi) is 3.09. The van der Waals surface area contributed by atoms with Crippen molar-refractivity contribution in [2.75, 3.05) is 5.73 Å². The molecule has 0 unspecified atom stereocenters. The number of hydrogen-bond donors (Lipinski definition) is 2. The normalized spacial score (nSPS) is 12.5. The molecule has 0 aliphatic rings. The molecule has 6 heteroatoms. The van der Waals surface area contributed by atoms with Crippen LogP contribution in [0.3, 0.4) is 0 Å². The molecule has 1 aromatic carbocycles. The van der Waals surface area contributed by atoms with Crippen LogP contribution >= 0.6 is 0 Å². The monoisotopic (exact) mass is 247 g/mol. The van der Waals surface area contributed by atoms with Crippen LogP contribution in [0, 0.1) is 0 Å². The first kappa shape index (κ1) is 13.3. The van der Waals surface area contributed by atoms with Gasteiger partial charge in [0.1, 0.15) is 0 Å². The lowest BCUT2D eigenvalue weighted by molar-refractivity contribution is -0.180. The Hall–Kier alpha value is -1.72. The second-order valence-electron chi connectivity index (χ2n) is 4.23. The van der Waals surface area contributed by atoms with Crippen molar-refractivity contribution in [3.05, 3.63) is 29.3 Å². The molecular weight excluding hydrogens is 235 g/mol. The maximum Gasteiger partial charge on any atom is 0.397 e. The molecule has 17 heavy (non-hydrogen) atoms. The number of carbonyl (C=O) groups is 1. The SMILES string of the molecule is CC(C)(c1ccc(N)c(C(=O)O)c1)C(F)(F)F. The highest BCUT2D eigenvalue weighted by atomic mass is 19.4. The van der Waals surface area contributed by atoms with Crippen LogP contribution in [0.15, 0.2) is 18.2 Å². The zero-order valence-corrected chi connectivity index (χ0v) is 9.30. The quantitative estimate of drug-likeness (QED) is 0.790. The summed E-state index contributed by atoms with van der Waals surface area (Å²) >= 11 is 0. The van der Waals surface area contributed by atoms with Crippen molar-refractivity contribution in [3.63, 3.8) is 0 Å². The van der Waals surface area contributed by atoms with Gasteiger partial charge in [0.05, 0.1) is 11.0 Å². The van der Waals surface area contributed by atoms with E-state index in [2.05, 4.69) is 0 Å². The number of halogens is 3. The third-order valence-corrected chi connectivity index (χ3v) is 2.71. The highest BCUT2D eigenvalue weighted by molar-refractivity contribution is 5.93. The highest BCUT2D eigenvalue weighted by Gasteiger charge is 2.48. The summed E-state index contributed by atoms with van der Waals surface area (Å²) in [6, 6.07) is 3.33. The first-order valence-electron chi connectivity index (χ1n) is 4.77. The fraction of sp³-hybridized carbons (Fsp3) is 0.364. The molecule has 3 nitrogen and oxygen atoms in total. The van der Waals surface area contributed by atoms with Crippen LogP contribution in [-0.2, 0) is 5.41 Å². The molecule has 0 heterocycles. The van der Waals surface area contributed by atoms with Gasteiger partial charge in [-0.2, -0.15) is 13.2 Å². The lowest BCUT2D eigenvalue weighted by atomic mass is 9.83. The Labute approximate surface area is 96.0 Å². The number of nitrogens with two attached hydrogens (primary N) is 1. The van der Waals surface area contributed by atoms with Crippen LogP contribution in [0.1, 0.15) is 29.8 Å². The molecule has 0 radical (unpaired) electrons. The third-order valence-electron chi connectivity index (χ3n) is 2.71. The van der Waals surface area contributed by atoms with E-state index in [9.17, 15) is 18.0 Å². The fourth-order valence-electron chi connectivity index (χ4n) is 1.29. The molecule has 94 valence electrons. The number of carboxylic acids is 1. The topological polar surface area (TPSA) is 63.3 Å². The van der Waals surface area contributed by atoms with Gasteiger partial charge in [0, 0.05) is 5.69 Å². The zero-order valence-electron chi connectivity index (χ0n) is 9.30. The number of rotatable bonds is 2. The van der Waals surface area contributed by atoms with Gasteiger partial charge in [0.15, 0.2) is 0 Å². The highest BCUT2D eigenvalue weighted by Crippen LogP contribution is 2.41. The van der Waals surface area contributed by atoms with Gasteiger partial charge in [-0.25, -0.2) is 4.79 Å². The minimum Gasteiger partial charge on any atom is -0.478 e. The summed E-state index contributed by atoms with van der Waals surface area (Å²) in [6.07, 6.45) is -4.46. The van der Waals surface area contributed by atoms with Gasteiger partial charge in [0.25, 0.3) is 0 Å². The van der Waals surface area contributed by atoms with E-state index in [-0.39, 0.29) is 16.8 Å². The van der Waals surface area contributed by atoms with Gasteiger partial charge in [-0.1, -0.05) is 6.07 Å². The first-order valence-corrected chi connectivity index (χ1v) is 4.77. The molecule has 1 rings (SSSR count). The second-order valence-corrected chi connectivity index (χ2v) is 4.23. The number of anilines is 1. The van der Waals surface area contributed by atoms with E-state index < -0.39 is 17.6 Å². The number of carboxylic acid groups (broad SMARTS) is 1. The predicted molar refractivity (Wildman–Crippen MR) is 56.9 cm³/mol. The van der Waals surface area contributed by atoms with Crippen molar-refractivity contribution in [3.8, 4) is 0 Å². The van der Waals surface area contributed by atoms with Gasteiger partial charge < -0.3 is 10.8 Å². The Morgan fingerprint density at radius 3 is 2.24 bits per heavy atom. The Morgan fingerprint density at radius 1 is 1.29 bits per heavy atom. The van der Waals surface area contributed by atoms with E-state index in [1.807, 2.05) is 0 Å². The number of nitrogen functional groups attached to an aromatic ring is 1. The minimum absolute atomic E-state index is 0.0563. The average Bonchev–Trinajstić information content (AvgIpc) is 2.15. The summed E-state index contributed by atoms with van der Waals surface area (Å²) in [6.45, 7) is 1.98. The van der Waals surface area contributed by atoms with E-state index in [4.69, 9.17) is 10.8 Å². The molecule has 0 aliphatic carbocycles. The van der Waals surface area contributed by atoms with Crippen molar-refractivity contribution < 1.29 is 23.1 Å². The van der Waals surface area contributed by atoms with Crippen molar-refractivity contribution in [2.45, 2.75) is 25.4 Å². The smallest absolute Gasteiger partial charge is 0.397 e. The summed E-state index contributed by atoms with van der Waals surface area (Å²) < 4.78 is 38.3. The zero-order chi connectivity index (χ0) is 13.4. The van der Waals surface area contributed by atoms with E-state index in [0.717, 1.165) is 19.9 Å². The van der Waals surface area contributed by atoms with Crippen LogP contribution in [0.4, 0.5) is 18.9 Å². The molecule has 0 saturated carbocycles. The molecule has 0 fully saturated rings.